The molecule has 2 aliphatic rings. The molecule has 1 nitrogen and oxygen atoms in total. The van der Waals surface area contributed by atoms with Crippen LogP contribution in [0.25, 0.3) is 88.3 Å². The van der Waals surface area contributed by atoms with Crippen LogP contribution in [0, 0.1) is 6.92 Å². The van der Waals surface area contributed by atoms with Gasteiger partial charge in [0.05, 0.1) is 0 Å². The zero-order chi connectivity index (χ0) is 42.4. The van der Waals surface area contributed by atoms with E-state index in [0.717, 1.165) is 23.4 Å². The van der Waals surface area contributed by atoms with E-state index >= 15 is 0 Å². The van der Waals surface area contributed by atoms with Gasteiger partial charge in [-0.15, -0.1) is 12.6 Å². The standard InChI is InChI=1S/C54H40.C6H9NS/c1-35-26-28-36(29-27-35)39-30-31-45-47(32-39)53(44-24-13-11-21-41(44)38-18-8-5-9-19-38)49-34-51-46(42-22-14-15-25-50(42)54(51,2)3)33-48(49)52(45)43-23-12-10-20-40(43)37-16-6-4-7-17-37;7-5-3-1-2-4-6(5)8/h4-34H,1-3H3;2,4,8H,1,3,7H2. The predicted molar refractivity (Wildman–Crippen MR) is 270 cm³/mol. The Morgan fingerprint density at radius 3 is 1.52 bits per heavy atom. The van der Waals surface area contributed by atoms with Gasteiger partial charge in [-0.3, -0.25) is 0 Å². The second kappa shape index (κ2) is 16.2. The smallest absolute Gasteiger partial charge is 0.0225 e. The summed E-state index contributed by atoms with van der Waals surface area (Å²) in [5.74, 6) is 0. The molecule has 62 heavy (non-hydrogen) atoms. The molecule has 0 aromatic heterocycles. The molecule has 0 atom stereocenters. The van der Waals surface area contributed by atoms with E-state index in [9.17, 15) is 0 Å². The molecule has 0 radical (unpaired) electrons. The van der Waals surface area contributed by atoms with Gasteiger partial charge in [-0.25, -0.2) is 0 Å². The Morgan fingerprint density at radius 1 is 0.435 bits per heavy atom. The van der Waals surface area contributed by atoms with Crippen molar-refractivity contribution in [3.63, 3.8) is 0 Å². The van der Waals surface area contributed by atoms with Crippen molar-refractivity contribution in [2.45, 2.75) is 39.0 Å². The van der Waals surface area contributed by atoms with E-state index in [1.165, 1.54) is 105 Å². The average molecular weight is 816 g/mol. The number of fused-ring (bicyclic) bond motifs is 5. The summed E-state index contributed by atoms with van der Waals surface area (Å²) in [6.07, 6.45) is 6.06. The lowest BCUT2D eigenvalue weighted by Crippen LogP contribution is -2.14. The van der Waals surface area contributed by atoms with Gasteiger partial charge >= 0.3 is 0 Å². The summed E-state index contributed by atoms with van der Waals surface area (Å²) >= 11 is 4.12. The first kappa shape index (κ1) is 39.3. The minimum atomic E-state index is -0.142. The first-order valence-electron chi connectivity index (χ1n) is 21.7. The van der Waals surface area contributed by atoms with Crippen molar-refractivity contribution < 1.29 is 0 Å². The fourth-order valence-corrected chi connectivity index (χ4v) is 9.95. The van der Waals surface area contributed by atoms with Gasteiger partial charge in [-0.1, -0.05) is 201 Å². The number of nitrogens with two attached hydrogens (primary N) is 1. The van der Waals surface area contributed by atoms with Gasteiger partial charge in [-0.2, -0.15) is 0 Å². The molecule has 9 aromatic carbocycles. The summed E-state index contributed by atoms with van der Waals surface area (Å²) in [4.78, 5) is 0.927. The summed E-state index contributed by atoms with van der Waals surface area (Å²) in [5.41, 5.74) is 25.4. The summed E-state index contributed by atoms with van der Waals surface area (Å²) in [5, 5.41) is 5.07. The van der Waals surface area contributed by atoms with E-state index in [1.54, 1.807) is 0 Å². The Hall–Kier alpha value is -6.87. The molecule has 0 unspecified atom stereocenters. The fourth-order valence-electron chi connectivity index (χ4n) is 9.74. The van der Waals surface area contributed by atoms with Crippen LogP contribution in [0.5, 0.6) is 0 Å². The lowest BCUT2D eigenvalue weighted by atomic mass is 9.78. The molecule has 0 aliphatic heterocycles. The van der Waals surface area contributed by atoms with Crippen molar-refractivity contribution in [3.8, 4) is 66.8 Å². The third-order valence-electron chi connectivity index (χ3n) is 13.0. The van der Waals surface area contributed by atoms with Crippen LogP contribution in [0.1, 0.15) is 43.4 Å². The topological polar surface area (TPSA) is 26.0 Å². The molecule has 0 saturated carbocycles. The number of rotatable bonds is 5. The Kier molecular flexibility index (Phi) is 10.3. The average Bonchev–Trinajstić information content (AvgIpc) is 3.54. The van der Waals surface area contributed by atoms with Gasteiger partial charge in [-0.05, 0) is 137 Å². The number of aryl methyl sites for hydroxylation is 1. The van der Waals surface area contributed by atoms with Gasteiger partial charge in [0.1, 0.15) is 0 Å². The van der Waals surface area contributed by atoms with Gasteiger partial charge < -0.3 is 5.73 Å². The third kappa shape index (κ3) is 6.95. The maximum Gasteiger partial charge on any atom is 0.0225 e. The first-order valence-corrected chi connectivity index (χ1v) is 22.1. The fraction of sp³-hybridized carbons (Fsp3) is 0.100. The Morgan fingerprint density at radius 2 is 0.935 bits per heavy atom. The molecular formula is C60H49NS. The molecule has 0 heterocycles. The largest absolute Gasteiger partial charge is 0.401 e. The van der Waals surface area contributed by atoms with Crippen LogP contribution in [0.3, 0.4) is 0 Å². The quantitative estimate of drug-likeness (QED) is 0.131. The zero-order valence-corrected chi connectivity index (χ0v) is 36.4. The van der Waals surface area contributed by atoms with Gasteiger partial charge in [0.25, 0.3) is 0 Å². The van der Waals surface area contributed by atoms with Crippen molar-refractivity contribution in [3.05, 3.63) is 228 Å². The molecule has 0 saturated heterocycles. The van der Waals surface area contributed by atoms with Crippen molar-refractivity contribution in [1.82, 2.24) is 0 Å². The van der Waals surface area contributed by atoms with Crippen LogP contribution in [-0.2, 0) is 5.41 Å². The highest BCUT2D eigenvalue weighted by molar-refractivity contribution is 7.84. The first-order chi connectivity index (χ1) is 30.3. The van der Waals surface area contributed by atoms with Crippen LogP contribution in [0.4, 0.5) is 0 Å². The van der Waals surface area contributed by atoms with Crippen molar-refractivity contribution in [2.24, 2.45) is 5.73 Å². The Bertz CT molecular complexity index is 3210. The lowest BCUT2D eigenvalue weighted by Gasteiger charge is -2.25. The minimum Gasteiger partial charge on any atom is -0.401 e. The molecule has 0 bridgehead atoms. The summed E-state index contributed by atoms with van der Waals surface area (Å²) in [7, 11) is 0. The van der Waals surface area contributed by atoms with Gasteiger partial charge in [0.15, 0.2) is 0 Å². The monoisotopic (exact) mass is 815 g/mol. The highest BCUT2D eigenvalue weighted by Gasteiger charge is 2.36. The number of hydrogen-bond acceptors (Lipinski definition) is 2. The summed E-state index contributed by atoms with van der Waals surface area (Å²) in [6.45, 7) is 6.94. The predicted octanol–water partition coefficient (Wildman–Crippen LogP) is 16.4. The minimum absolute atomic E-state index is 0.142. The van der Waals surface area contributed by atoms with E-state index in [2.05, 4.69) is 228 Å². The number of benzene rings is 9. The van der Waals surface area contributed by atoms with Crippen molar-refractivity contribution >= 4 is 34.2 Å². The molecule has 11 rings (SSSR count). The summed E-state index contributed by atoms with van der Waals surface area (Å²) in [6, 6.07) is 69.9. The van der Waals surface area contributed by atoms with Crippen molar-refractivity contribution in [2.75, 3.05) is 0 Å². The number of thiol groups is 1. The SMILES string of the molecule is Cc1ccc(-c2ccc3c(-c4ccccc4-c4ccccc4)c4cc5c(cc4c(-c4ccccc4-c4ccccc4)c3c2)C(C)(C)c2ccccc2-5)cc1.NC1=C(S)C=CCC1. The Balaban J connectivity index is 0.000000518. The Labute approximate surface area is 371 Å². The molecule has 2 heteroatoms. The van der Waals surface area contributed by atoms with Crippen LogP contribution in [-0.4, -0.2) is 0 Å². The molecule has 300 valence electrons. The normalized spacial score (nSPS) is 13.7. The second-order valence-corrected chi connectivity index (χ2v) is 17.6. The molecule has 2 aliphatic carbocycles. The third-order valence-corrected chi connectivity index (χ3v) is 13.4. The maximum absolute atomic E-state index is 5.53. The molecule has 0 amide bonds. The lowest BCUT2D eigenvalue weighted by molar-refractivity contribution is 0.661. The number of allylic oxidation sites excluding steroid dienone is 3. The zero-order valence-electron chi connectivity index (χ0n) is 35.5. The van der Waals surface area contributed by atoms with E-state index in [-0.39, 0.29) is 5.41 Å². The number of hydrogen-bond donors (Lipinski definition) is 2. The van der Waals surface area contributed by atoms with Crippen LogP contribution in [0.15, 0.2) is 211 Å². The van der Waals surface area contributed by atoms with Crippen LogP contribution in [0.2, 0.25) is 0 Å². The van der Waals surface area contributed by atoms with E-state index in [4.69, 9.17) is 5.73 Å². The maximum atomic E-state index is 5.53. The molecule has 0 spiro atoms. The molecular weight excluding hydrogens is 767 g/mol. The molecule has 9 aromatic rings. The summed E-state index contributed by atoms with van der Waals surface area (Å²) < 4.78 is 0. The van der Waals surface area contributed by atoms with Gasteiger partial charge in [0, 0.05) is 16.0 Å². The van der Waals surface area contributed by atoms with Gasteiger partial charge in [0.2, 0.25) is 0 Å². The van der Waals surface area contributed by atoms with E-state index < -0.39 is 0 Å². The van der Waals surface area contributed by atoms with E-state index in [1.807, 2.05) is 6.08 Å². The van der Waals surface area contributed by atoms with Crippen LogP contribution >= 0.6 is 12.6 Å². The molecule has 0 fully saturated rings. The highest BCUT2D eigenvalue weighted by atomic mass is 32.1. The highest BCUT2D eigenvalue weighted by Crippen LogP contribution is 2.54. The molecule has 2 N–H and O–H groups in total. The van der Waals surface area contributed by atoms with Crippen molar-refractivity contribution in [1.29, 1.82) is 0 Å². The van der Waals surface area contributed by atoms with Crippen LogP contribution < -0.4 is 5.73 Å². The second-order valence-electron chi connectivity index (χ2n) is 17.2. The van der Waals surface area contributed by atoms with E-state index in [0.29, 0.717) is 0 Å².